The lowest BCUT2D eigenvalue weighted by Gasteiger charge is -2.12. The van der Waals surface area contributed by atoms with E-state index in [2.05, 4.69) is 33.0 Å². The lowest BCUT2D eigenvalue weighted by Crippen LogP contribution is -2.15. The highest BCUT2D eigenvalue weighted by atomic mass is 35.5. The molecule has 0 saturated carbocycles. The third-order valence-electron chi connectivity index (χ3n) is 4.98. The SMILES string of the molecule is COc1ccc(NC(=O)CSc2nnc(CNc3ccc(Cl)cc3)n2Cc2ccccc2)cc1. The van der Waals surface area contributed by atoms with Crippen molar-refractivity contribution < 1.29 is 9.53 Å². The molecule has 0 saturated heterocycles. The van der Waals surface area contributed by atoms with Gasteiger partial charge in [0.25, 0.3) is 0 Å². The zero-order chi connectivity index (χ0) is 23.8. The molecule has 0 unspecified atom stereocenters. The summed E-state index contributed by atoms with van der Waals surface area (Å²) in [6, 6.07) is 24.8. The number of halogens is 1. The van der Waals surface area contributed by atoms with Crippen LogP contribution in [0.3, 0.4) is 0 Å². The van der Waals surface area contributed by atoms with Crippen LogP contribution in [0, 0.1) is 0 Å². The predicted octanol–water partition coefficient (Wildman–Crippen LogP) is 5.33. The van der Waals surface area contributed by atoms with E-state index in [0.717, 1.165) is 22.8 Å². The lowest BCUT2D eigenvalue weighted by atomic mass is 10.2. The number of amides is 1. The number of methoxy groups -OCH3 is 1. The van der Waals surface area contributed by atoms with Crippen molar-refractivity contribution in [2.24, 2.45) is 0 Å². The van der Waals surface area contributed by atoms with E-state index in [1.54, 1.807) is 31.4 Å². The Bertz CT molecular complexity index is 1210. The van der Waals surface area contributed by atoms with Gasteiger partial charge in [-0.25, -0.2) is 0 Å². The number of anilines is 2. The third kappa shape index (κ3) is 6.52. The highest BCUT2D eigenvalue weighted by molar-refractivity contribution is 7.99. The monoisotopic (exact) mass is 493 g/mol. The Kier molecular flexibility index (Phi) is 8.06. The fourth-order valence-corrected chi connectivity index (χ4v) is 4.11. The van der Waals surface area contributed by atoms with Crippen LogP contribution < -0.4 is 15.4 Å². The van der Waals surface area contributed by atoms with Crippen LogP contribution in [0.2, 0.25) is 5.02 Å². The van der Waals surface area contributed by atoms with Crippen LogP contribution in [0.15, 0.2) is 84.0 Å². The molecular formula is C25H24ClN5O2S. The fraction of sp³-hybridized carbons (Fsp3) is 0.160. The Morgan fingerprint density at radius 2 is 1.68 bits per heavy atom. The van der Waals surface area contributed by atoms with E-state index in [4.69, 9.17) is 16.3 Å². The van der Waals surface area contributed by atoms with Gasteiger partial charge in [0.2, 0.25) is 5.91 Å². The minimum Gasteiger partial charge on any atom is -0.497 e. The number of hydrogen-bond acceptors (Lipinski definition) is 6. The lowest BCUT2D eigenvalue weighted by molar-refractivity contribution is -0.113. The molecule has 0 aliphatic rings. The molecule has 0 radical (unpaired) electrons. The maximum Gasteiger partial charge on any atom is 0.234 e. The van der Waals surface area contributed by atoms with E-state index in [0.29, 0.717) is 29.0 Å². The first-order valence-corrected chi connectivity index (χ1v) is 12.0. The number of nitrogens with zero attached hydrogens (tertiary/aromatic N) is 3. The Hall–Kier alpha value is -3.49. The standard InChI is InChI=1S/C25H24ClN5O2S/c1-33-22-13-11-21(12-14-22)28-24(32)17-34-25-30-29-23(15-27-20-9-7-19(26)8-10-20)31(25)16-18-5-3-2-4-6-18/h2-14,27H,15-17H2,1H3,(H,28,32). The van der Waals surface area contributed by atoms with E-state index in [1.807, 2.05) is 47.0 Å². The molecule has 1 heterocycles. The molecular weight excluding hydrogens is 470 g/mol. The maximum atomic E-state index is 12.5. The summed E-state index contributed by atoms with van der Waals surface area (Å²) in [4.78, 5) is 12.5. The number of benzene rings is 3. The first kappa shape index (κ1) is 23.7. The third-order valence-corrected chi connectivity index (χ3v) is 6.20. The number of carbonyl (C=O) groups excluding carboxylic acids is 1. The average Bonchev–Trinajstić information content (AvgIpc) is 3.24. The number of nitrogens with one attached hydrogen (secondary N) is 2. The first-order valence-electron chi connectivity index (χ1n) is 10.6. The molecule has 0 atom stereocenters. The molecule has 34 heavy (non-hydrogen) atoms. The van der Waals surface area contributed by atoms with Crippen LogP contribution in [-0.2, 0) is 17.9 Å². The molecule has 0 aliphatic heterocycles. The summed E-state index contributed by atoms with van der Waals surface area (Å²) in [5.41, 5.74) is 2.77. The van der Waals surface area contributed by atoms with Crippen LogP contribution in [0.1, 0.15) is 11.4 Å². The van der Waals surface area contributed by atoms with E-state index < -0.39 is 0 Å². The zero-order valence-electron chi connectivity index (χ0n) is 18.6. The molecule has 0 fully saturated rings. The number of hydrogen-bond donors (Lipinski definition) is 2. The van der Waals surface area contributed by atoms with Gasteiger partial charge in [-0.1, -0.05) is 53.7 Å². The Morgan fingerprint density at radius 1 is 0.971 bits per heavy atom. The average molecular weight is 494 g/mol. The molecule has 0 aliphatic carbocycles. The van der Waals surface area contributed by atoms with Gasteiger partial charge in [-0.05, 0) is 54.1 Å². The van der Waals surface area contributed by atoms with Crippen molar-refractivity contribution in [2.45, 2.75) is 18.2 Å². The van der Waals surface area contributed by atoms with Crippen molar-refractivity contribution in [3.63, 3.8) is 0 Å². The number of ether oxygens (including phenoxy) is 1. The zero-order valence-corrected chi connectivity index (χ0v) is 20.1. The number of thioether (sulfide) groups is 1. The van der Waals surface area contributed by atoms with Gasteiger partial charge >= 0.3 is 0 Å². The van der Waals surface area contributed by atoms with Gasteiger partial charge in [0, 0.05) is 16.4 Å². The molecule has 1 amide bonds. The van der Waals surface area contributed by atoms with E-state index in [-0.39, 0.29) is 11.7 Å². The molecule has 0 bridgehead atoms. The van der Waals surface area contributed by atoms with Crippen LogP contribution in [0.4, 0.5) is 11.4 Å². The van der Waals surface area contributed by atoms with Crippen molar-refractivity contribution in [3.05, 3.63) is 95.3 Å². The van der Waals surface area contributed by atoms with Crippen LogP contribution >= 0.6 is 23.4 Å². The highest BCUT2D eigenvalue weighted by Crippen LogP contribution is 2.21. The minimum absolute atomic E-state index is 0.120. The van der Waals surface area contributed by atoms with Crippen LogP contribution in [0.5, 0.6) is 5.75 Å². The minimum atomic E-state index is -0.120. The molecule has 9 heteroatoms. The van der Waals surface area contributed by atoms with Gasteiger partial charge in [0.1, 0.15) is 5.75 Å². The Balaban J connectivity index is 1.44. The fourth-order valence-electron chi connectivity index (χ4n) is 3.23. The predicted molar refractivity (Wildman–Crippen MR) is 137 cm³/mol. The second kappa shape index (κ2) is 11.6. The Morgan fingerprint density at radius 3 is 2.38 bits per heavy atom. The topological polar surface area (TPSA) is 81.1 Å². The quantitative estimate of drug-likeness (QED) is 0.290. The van der Waals surface area contributed by atoms with Gasteiger partial charge in [-0.2, -0.15) is 0 Å². The van der Waals surface area contributed by atoms with E-state index in [9.17, 15) is 4.79 Å². The highest BCUT2D eigenvalue weighted by Gasteiger charge is 2.15. The second-order valence-corrected chi connectivity index (χ2v) is 8.78. The van der Waals surface area contributed by atoms with Crippen molar-refractivity contribution in [1.82, 2.24) is 14.8 Å². The number of rotatable bonds is 10. The summed E-state index contributed by atoms with van der Waals surface area (Å²) < 4.78 is 7.18. The van der Waals surface area contributed by atoms with Crippen molar-refractivity contribution in [2.75, 3.05) is 23.5 Å². The van der Waals surface area contributed by atoms with Gasteiger partial charge in [0.05, 0.1) is 26.0 Å². The summed E-state index contributed by atoms with van der Waals surface area (Å²) >= 11 is 7.33. The van der Waals surface area contributed by atoms with Crippen molar-refractivity contribution in [1.29, 1.82) is 0 Å². The normalized spacial score (nSPS) is 10.6. The van der Waals surface area contributed by atoms with E-state index in [1.165, 1.54) is 11.8 Å². The van der Waals surface area contributed by atoms with Gasteiger partial charge in [-0.15, -0.1) is 10.2 Å². The maximum absolute atomic E-state index is 12.5. The molecule has 174 valence electrons. The summed E-state index contributed by atoms with van der Waals surface area (Å²) in [7, 11) is 1.61. The summed E-state index contributed by atoms with van der Waals surface area (Å²) in [5.74, 6) is 1.60. The number of carbonyl (C=O) groups is 1. The van der Waals surface area contributed by atoms with Crippen molar-refractivity contribution >= 4 is 40.6 Å². The smallest absolute Gasteiger partial charge is 0.234 e. The molecule has 0 spiro atoms. The summed E-state index contributed by atoms with van der Waals surface area (Å²) in [6.45, 7) is 1.09. The first-order chi connectivity index (χ1) is 16.6. The van der Waals surface area contributed by atoms with Gasteiger partial charge in [0.15, 0.2) is 11.0 Å². The van der Waals surface area contributed by atoms with Gasteiger partial charge < -0.3 is 19.9 Å². The van der Waals surface area contributed by atoms with Crippen LogP contribution in [0.25, 0.3) is 0 Å². The van der Waals surface area contributed by atoms with Crippen molar-refractivity contribution in [3.8, 4) is 5.75 Å². The largest absolute Gasteiger partial charge is 0.497 e. The molecule has 4 aromatic rings. The molecule has 7 nitrogen and oxygen atoms in total. The number of aromatic nitrogens is 3. The molecule has 1 aromatic heterocycles. The molecule has 3 aromatic carbocycles. The van der Waals surface area contributed by atoms with E-state index >= 15 is 0 Å². The summed E-state index contributed by atoms with van der Waals surface area (Å²) in [6.07, 6.45) is 0. The van der Waals surface area contributed by atoms with Crippen LogP contribution in [-0.4, -0.2) is 33.5 Å². The van der Waals surface area contributed by atoms with Gasteiger partial charge in [-0.3, -0.25) is 4.79 Å². The summed E-state index contributed by atoms with van der Waals surface area (Å²) in [5, 5.41) is 16.4. The molecule has 2 N–H and O–H groups in total. The second-order valence-electron chi connectivity index (χ2n) is 7.40. The molecule has 4 rings (SSSR count). The Labute approximate surface area is 207 Å².